The average Bonchev–Trinajstić information content (AvgIpc) is 3.15. The molecule has 5 nitrogen and oxygen atoms in total. The van der Waals surface area contributed by atoms with Gasteiger partial charge in [-0.15, -0.1) is 11.3 Å². The van der Waals surface area contributed by atoms with Gasteiger partial charge < -0.3 is 20.1 Å². The summed E-state index contributed by atoms with van der Waals surface area (Å²) in [7, 11) is 1.81. The maximum Gasteiger partial charge on any atom is 0.191 e. The summed E-state index contributed by atoms with van der Waals surface area (Å²) in [6, 6.07) is 13.3. The zero-order chi connectivity index (χ0) is 20.5. The van der Waals surface area contributed by atoms with E-state index in [2.05, 4.69) is 65.9 Å². The van der Waals surface area contributed by atoms with Crippen LogP contribution in [0.1, 0.15) is 40.6 Å². The molecule has 1 atom stereocenters. The van der Waals surface area contributed by atoms with Crippen LogP contribution in [-0.4, -0.2) is 38.4 Å². The molecule has 158 valence electrons. The number of aryl methyl sites for hydroxylation is 1. The Balaban J connectivity index is 1.40. The summed E-state index contributed by atoms with van der Waals surface area (Å²) in [6.45, 7) is 7.38. The van der Waals surface area contributed by atoms with Gasteiger partial charge in [0.2, 0.25) is 0 Å². The molecule has 1 aromatic carbocycles. The van der Waals surface area contributed by atoms with Crippen LogP contribution in [0.4, 0.5) is 0 Å². The minimum Gasteiger partial charge on any atom is -0.381 e. The SMILES string of the molecule is CN=C(NCc1ccc(COC2CCOCC2)cc1)NC(C)Cc1ccc(C)s1. The summed E-state index contributed by atoms with van der Waals surface area (Å²) in [5.74, 6) is 0.831. The van der Waals surface area contributed by atoms with Crippen molar-refractivity contribution in [2.24, 2.45) is 4.99 Å². The molecule has 1 aromatic heterocycles. The number of guanidine groups is 1. The Morgan fingerprint density at radius 1 is 1.17 bits per heavy atom. The van der Waals surface area contributed by atoms with Crippen LogP contribution in [0, 0.1) is 6.92 Å². The van der Waals surface area contributed by atoms with Gasteiger partial charge in [-0.25, -0.2) is 0 Å². The summed E-state index contributed by atoms with van der Waals surface area (Å²) in [5, 5.41) is 6.89. The molecule has 0 aliphatic carbocycles. The van der Waals surface area contributed by atoms with Gasteiger partial charge in [-0.1, -0.05) is 24.3 Å². The lowest BCUT2D eigenvalue weighted by Crippen LogP contribution is -2.42. The first-order chi connectivity index (χ1) is 14.1. The third-order valence-electron chi connectivity index (χ3n) is 5.05. The Morgan fingerprint density at radius 2 is 1.90 bits per heavy atom. The van der Waals surface area contributed by atoms with E-state index in [1.165, 1.54) is 20.9 Å². The van der Waals surface area contributed by atoms with E-state index in [4.69, 9.17) is 9.47 Å². The lowest BCUT2D eigenvalue weighted by Gasteiger charge is -2.22. The van der Waals surface area contributed by atoms with Crippen molar-refractivity contribution in [1.29, 1.82) is 0 Å². The van der Waals surface area contributed by atoms with Crippen molar-refractivity contribution in [1.82, 2.24) is 10.6 Å². The van der Waals surface area contributed by atoms with Gasteiger partial charge in [0.1, 0.15) is 0 Å². The van der Waals surface area contributed by atoms with E-state index in [1.807, 2.05) is 18.4 Å². The fourth-order valence-electron chi connectivity index (χ4n) is 3.37. The molecular formula is C23H33N3O2S. The second-order valence-corrected chi connectivity index (χ2v) is 9.00. The fourth-order valence-corrected chi connectivity index (χ4v) is 4.39. The summed E-state index contributed by atoms with van der Waals surface area (Å²) >= 11 is 1.86. The molecule has 1 fully saturated rings. The van der Waals surface area contributed by atoms with Crippen LogP contribution in [0.15, 0.2) is 41.4 Å². The van der Waals surface area contributed by atoms with E-state index >= 15 is 0 Å². The molecule has 29 heavy (non-hydrogen) atoms. The topological polar surface area (TPSA) is 54.9 Å². The predicted octanol–water partition coefficient (Wildman–Crippen LogP) is 4.05. The van der Waals surface area contributed by atoms with Crippen molar-refractivity contribution in [3.63, 3.8) is 0 Å². The van der Waals surface area contributed by atoms with Crippen LogP contribution in [0.25, 0.3) is 0 Å². The Labute approximate surface area is 178 Å². The molecule has 2 heterocycles. The third kappa shape index (κ3) is 7.46. The van der Waals surface area contributed by atoms with E-state index < -0.39 is 0 Å². The highest BCUT2D eigenvalue weighted by atomic mass is 32.1. The average molecular weight is 416 g/mol. The summed E-state index contributed by atoms with van der Waals surface area (Å²) < 4.78 is 11.4. The highest BCUT2D eigenvalue weighted by Crippen LogP contribution is 2.17. The molecule has 0 radical (unpaired) electrons. The molecule has 0 amide bonds. The van der Waals surface area contributed by atoms with Crippen LogP contribution in [0.5, 0.6) is 0 Å². The Bertz CT molecular complexity index is 767. The number of rotatable bonds is 8. The van der Waals surface area contributed by atoms with Crippen molar-refractivity contribution in [3.8, 4) is 0 Å². The van der Waals surface area contributed by atoms with Crippen molar-refractivity contribution >= 4 is 17.3 Å². The predicted molar refractivity (Wildman–Crippen MR) is 121 cm³/mol. The van der Waals surface area contributed by atoms with Crippen LogP contribution in [-0.2, 0) is 29.0 Å². The lowest BCUT2D eigenvalue weighted by molar-refractivity contribution is -0.0390. The quantitative estimate of drug-likeness (QED) is 0.505. The van der Waals surface area contributed by atoms with Gasteiger partial charge in [-0.05, 0) is 49.9 Å². The molecule has 6 heteroatoms. The Kier molecular flexibility index (Phi) is 8.52. The van der Waals surface area contributed by atoms with E-state index in [0.717, 1.165) is 45.0 Å². The van der Waals surface area contributed by atoms with Crippen LogP contribution >= 0.6 is 11.3 Å². The van der Waals surface area contributed by atoms with E-state index in [0.29, 0.717) is 18.8 Å². The third-order valence-corrected chi connectivity index (χ3v) is 6.07. The largest absolute Gasteiger partial charge is 0.381 e. The van der Waals surface area contributed by atoms with Crippen LogP contribution in [0.3, 0.4) is 0 Å². The van der Waals surface area contributed by atoms with Crippen LogP contribution < -0.4 is 10.6 Å². The number of hydrogen-bond donors (Lipinski definition) is 2. The maximum absolute atomic E-state index is 5.99. The molecule has 3 rings (SSSR count). The van der Waals surface area contributed by atoms with E-state index in [9.17, 15) is 0 Å². The first-order valence-corrected chi connectivity index (χ1v) is 11.2. The number of thiophene rings is 1. The first kappa shape index (κ1) is 21.8. The summed E-state index contributed by atoms with van der Waals surface area (Å²) in [5.41, 5.74) is 2.44. The molecular weight excluding hydrogens is 382 g/mol. The number of aliphatic imine (C=N–C) groups is 1. The second-order valence-electron chi connectivity index (χ2n) is 7.63. The maximum atomic E-state index is 5.99. The Morgan fingerprint density at radius 3 is 2.55 bits per heavy atom. The van der Waals surface area contributed by atoms with Crippen molar-refractivity contribution in [2.45, 2.75) is 58.4 Å². The van der Waals surface area contributed by atoms with Crippen molar-refractivity contribution in [3.05, 3.63) is 57.3 Å². The van der Waals surface area contributed by atoms with Gasteiger partial charge in [-0.2, -0.15) is 0 Å². The van der Waals surface area contributed by atoms with Gasteiger partial charge in [0, 0.05) is 49.0 Å². The van der Waals surface area contributed by atoms with Gasteiger partial charge in [0.25, 0.3) is 0 Å². The molecule has 2 N–H and O–H groups in total. The zero-order valence-electron chi connectivity index (χ0n) is 17.7. The van der Waals surface area contributed by atoms with Crippen molar-refractivity contribution in [2.75, 3.05) is 20.3 Å². The molecule has 0 bridgehead atoms. The number of nitrogens with zero attached hydrogens (tertiary/aromatic N) is 1. The van der Waals surface area contributed by atoms with Gasteiger partial charge >= 0.3 is 0 Å². The molecule has 1 saturated heterocycles. The molecule has 1 unspecified atom stereocenters. The molecule has 0 spiro atoms. The lowest BCUT2D eigenvalue weighted by atomic mass is 10.1. The minimum absolute atomic E-state index is 0.323. The molecule has 2 aromatic rings. The standard InChI is InChI=1S/C23H33N3O2S/c1-17(14-22-9-4-18(2)29-22)26-23(24-3)25-15-19-5-7-20(8-6-19)16-28-21-10-12-27-13-11-21/h4-9,17,21H,10-16H2,1-3H3,(H2,24,25,26). The second kappa shape index (κ2) is 11.3. The molecule has 1 aliphatic rings. The van der Waals surface area contributed by atoms with E-state index in [1.54, 1.807) is 0 Å². The number of ether oxygens (including phenoxy) is 2. The number of nitrogens with one attached hydrogen (secondary N) is 2. The van der Waals surface area contributed by atoms with E-state index in [-0.39, 0.29) is 0 Å². The normalized spacial score (nSPS) is 16.6. The van der Waals surface area contributed by atoms with Gasteiger partial charge in [0.05, 0.1) is 12.7 Å². The summed E-state index contributed by atoms with van der Waals surface area (Å²) in [6.07, 6.45) is 3.33. The number of benzene rings is 1. The first-order valence-electron chi connectivity index (χ1n) is 10.4. The highest BCUT2D eigenvalue weighted by Gasteiger charge is 2.14. The smallest absolute Gasteiger partial charge is 0.191 e. The van der Waals surface area contributed by atoms with Gasteiger partial charge in [0.15, 0.2) is 5.96 Å². The molecule has 0 saturated carbocycles. The minimum atomic E-state index is 0.323. The van der Waals surface area contributed by atoms with Crippen molar-refractivity contribution < 1.29 is 9.47 Å². The number of hydrogen-bond acceptors (Lipinski definition) is 4. The zero-order valence-corrected chi connectivity index (χ0v) is 18.6. The fraction of sp³-hybridized carbons (Fsp3) is 0.522. The highest BCUT2D eigenvalue weighted by molar-refractivity contribution is 7.11. The monoisotopic (exact) mass is 415 g/mol. The molecule has 1 aliphatic heterocycles. The summed E-state index contributed by atoms with van der Waals surface area (Å²) in [4.78, 5) is 7.11. The Hall–Kier alpha value is -1.89. The van der Waals surface area contributed by atoms with Crippen LogP contribution in [0.2, 0.25) is 0 Å². The van der Waals surface area contributed by atoms with Gasteiger partial charge in [-0.3, -0.25) is 4.99 Å².